The monoisotopic (exact) mass is 530 g/mol. The lowest BCUT2D eigenvalue weighted by molar-refractivity contribution is 0.0428. The standard InChI is InChI=1S/C22H34N4O3.HI/c1-5-23-21(25-15-22(4,27)20-11-9-17(3)29-20)24-14-18(26-12-6-7-13-26)19-10-8-16(2)28-19;/h8-11,18,27H,5-7,12-15H2,1-4H3,(H2,23,24,25);1H. The van der Waals surface area contributed by atoms with Crippen LogP contribution in [0, 0.1) is 13.8 Å². The lowest BCUT2D eigenvalue weighted by atomic mass is 10.0. The molecule has 168 valence electrons. The van der Waals surface area contributed by atoms with Gasteiger partial charge in [0.1, 0.15) is 28.6 Å². The average molecular weight is 530 g/mol. The van der Waals surface area contributed by atoms with E-state index in [1.165, 1.54) is 12.8 Å². The van der Waals surface area contributed by atoms with Gasteiger partial charge in [-0.15, -0.1) is 24.0 Å². The van der Waals surface area contributed by atoms with Crippen LogP contribution in [0.2, 0.25) is 0 Å². The van der Waals surface area contributed by atoms with Crippen molar-refractivity contribution < 1.29 is 13.9 Å². The summed E-state index contributed by atoms with van der Waals surface area (Å²) in [4.78, 5) is 7.06. The van der Waals surface area contributed by atoms with Crippen LogP contribution in [0.3, 0.4) is 0 Å². The predicted octanol–water partition coefficient (Wildman–Crippen LogP) is 3.71. The first-order chi connectivity index (χ1) is 13.9. The van der Waals surface area contributed by atoms with Crippen molar-refractivity contribution in [3.05, 3.63) is 47.3 Å². The summed E-state index contributed by atoms with van der Waals surface area (Å²) in [7, 11) is 0. The third-order valence-electron chi connectivity index (χ3n) is 5.29. The van der Waals surface area contributed by atoms with Crippen molar-refractivity contribution in [2.45, 2.75) is 52.2 Å². The normalized spacial score (nSPS) is 18.0. The van der Waals surface area contributed by atoms with Gasteiger partial charge in [0.25, 0.3) is 0 Å². The maximum Gasteiger partial charge on any atom is 0.191 e. The van der Waals surface area contributed by atoms with E-state index in [0.29, 0.717) is 18.3 Å². The van der Waals surface area contributed by atoms with E-state index < -0.39 is 5.60 Å². The minimum Gasteiger partial charge on any atom is -0.465 e. The summed E-state index contributed by atoms with van der Waals surface area (Å²) >= 11 is 0. The van der Waals surface area contributed by atoms with Crippen LogP contribution in [-0.2, 0) is 5.60 Å². The van der Waals surface area contributed by atoms with Crippen molar-refractivity contribution in [3.63, 3.8) is 0 Å². The van der Waals surface area contributed by atoms with Gasteiger partial charge in [-0.1, -0.05) is 0 Å². The molecule has 2 aromatic rings. The zero-order valence-electron chi connectivity index (χ0n) is 18.4. The quantitative estimate of drug-likeness (QED) is 0.274. The summed E-state index contributed by atoms with van der Waals surface area (Å²) in [6.45, 7) is 11.4. The first kappa shape index (κ1) is 24.7. The number of aliphatic hydroxyl groups is 1. The highest BCUT2D eigenvalue weighted by atomic mass is 127. The fraction of sp³-hybridized carbons (Fsp3) is 0.591. The molecule has 2 atom stereocenters. The fourth-order valence-electron chi connectivity index (χ4n) is 3.67. The highest BCUT2D eigenvalue weighted by molar-refractivity contribution is 14.0. The molecular weight excluding hydrogens is 495 g/mol. The first-order valence-electron chi connectivity index (χ1n) is 10.5. The summed E-state index contributed by atoms with van der Waals surface area (Å²) in [5.74, 6) is 3.87. The summed E-state index contributed by atoms with van der Waals surface area (Å²) < 4.78 is 11.5. The summed E-state index contributed by atoms with van der Waals surface area (Å²) in [5.41, 5.74) is -1.16. The Morgan fingerprint density at radius 2 is 1.80 bits per heavy atom. The second-order valence-corrected chi connectivity index (χ2v) is 7.97. The molecule has 2 unspecified atom stereocenters. The number of aliphatic imine (C=N–C) groups is 1. The molecule has 8 heteroatoms. The zero-order chi connectivity index (χ0) is 20.9. The van der Waals surface area contributed by atoms with E-state index in [2.05, 4.69) is 26.6 Å². The number of aryl methyl sites for hydroxylation is 2. The van der Waals surface area contributed by atoms with Gasteiger partial charge in [0.15, 0.2) is 5.96 Å². The van der Waals surface area contributed by atoms with Crippen LogP contribution in [-0.4, -0.2) is 48.7 Å². The molecule has 1 aliphatic heterocycles. The minimum atomic E-state index is -1.16. The van der Waals surface area contributed by atoms with Crippen molar-refractivity contribution in [3.8, 4) is 0 Å². The van der Waals surface area contributed by atoms with Crippen molar-refractivity contribution in [2.75, 3.05) is 32.7 Å². The van der Waals surface area contributed by atoms with Crippen LogP contribution >= 0.6 is 24.0 Å². The van der Waals surface area contributed by atoms with Crippen molar-refractivity contribution in [2.24, 2.45) is 4.99 Å². The SMILES string of the molecule is CCNC(=NCC(C)(O)c1ccc(C)o1)NCC(c1ccc(C)o1)N1CCCC1.I. The number of guanidine groups is 1. The molecule has 0 saturated carbocycles. The maximum atomic E-state index is 10.8. The highest BCUT2D eigenvalue weighted by Crippen LogP contribution is 2.26. The van der Waals surface area contributed by atoms with E-state index in [4.69, 9.17) is 8.83 Å². The number of halogens is 1. The largest absolute Gasteiger partial charge is 0.465 e. The molecule has 0 bridgehead atoms. The predicted molar refractivity (Wildman–Crippen MR) is 129 cm³/mol. The molecule has 3 rings (SSSR count). The van der Waals surface area contributed by atoms with E-state index in [9.17, 15) is 5.11 Å². The molecule has 0 spiro atoms. The lowest BCUT2D eigenvalue weighted by Gasteiger charge is -2.27. The number of furan rings is 2. The van der Waals surface area contributed by atoms with E-state index in [-0.39, 0.29) is 36.6 Å². The van der Waals surface area contributed by atoms with Gasteiger partial charge in [-0.2, -0.15) is 0 Å². The Labute approximate surface area is 196 Å². The third kappa shape index (κ3) is 6.49. The number of hydrogen-bond donors (Lipinski definition) is 3. The Bertz CT molecular complexity index is 809. The summed E-state index contributed by atoms with van der Waals surface area (Å²) in [5, 5.41) is 17.5. The van der Waals surface area contributed by atoms with Gasteiger partial charge in [-0.05, 0) is 77.9 Å². The second-order valence-electron chi connectivity index (χ2n) is 7.97. The van der Waals surface area contributed by atoms with Crippen molar-refractivity contribution in [1.82, 2.24) is 15.5 Å². The molecule has 1 fully saturated rings. The van der Waals surface area contributed by atoms with E-state index >= 15 is 0 Å². The molecular formula is C22H35IN4O3. The average Bonchev–Trinajstić information content (AvgIpc) is 3.43. The van der Waals surface area contributed by atoms with Crippen LogP contribution in [0.5, 0.6) is 0 Å². The molecule has 0 aliphatic carbocycles. The molecule has 3 heterocycles. The highest BCUT2D eigenvalue weighted by Gasteiger charge is 2.28. The Balaban J connectivity index is 0.00000320. The van der Waals surface area contributed by atoms with Gasteiger partial charge in [-0.3, -0.25) is 4.90 Å². The maximum absolute atomic E-state index is 10.8. The zero-order valence-corrected chi connectivity index (χ0v) is 20.7. The van der Waals surface area contributed by atoms with Crippen molar-refractivity contribution in [1.29, 1.82) is 0 Å². The lowest BCUT2D eigenvalue weighted by Crippen LogP contribution is -2.43. The smallest absolute Gasteiger partial charge is 0.191 e. The van der Waals surface area contributed by atoms with Crippen LogP contribution in [0.1, 0.15) is 55.8 Å². The Kier molecular flexibility index (Phi) is 9.24. The molecule has 1 aliphatic rings. The first-order valence-corrected chi connectivity index (χ1v) is 10.5. The Morgan fingerprint density at radius 1 is 1.13 bits per heavy atom. The molecule has 2 aromatic heterocycles. The minimum absolute atomic E-state index is 0. The van der Waals surface area contributed by atoms with Crippen LogP contribution in [0.15, 0.2) is 38.1 Å². The van der Waals surface area contributed by atoms with Crippen LogP contribution in [0.4, 0.5) is 0 Å². The van der Waals surface area contributed by atoms with Gasteiger partial charge in [-0.25, -0.2) is 4.99 Å². The van der Waals surface area contributed by atoms with Crippen LogP contribution < -0.4 is 10.6 Å². The number of nitrogens with one attached hydrogen (secondary N) is 2. The summed E-state index contributed by atoms with van der Waals surface area (Å²) in [6.07, 6.45) is 2.44. The number of likely N-dealkylation sites (tertiary alicyclic amines) is 1. The molecule has 0 radical (unpaired) electrons. The van der Waals surface area contributed by atoms with Crippen LogP contribution in [0.25, 0.3) is 0 Å². The van der Waals surface area contributed by atoms with Gasteiger partial charge in [0, 0.05) is 13.1 Å². The third-order valence-corrected chi connectivity index (χ3v) is 5.29. The molecule has 7 nitrogen and oxygen atoms in total. The Morgan fingerprint density at radius 3 is 2.37 bits per heavy atom. The van der Waals surface area contributed by atoms with E-state index in [1.807, 2.05) is 32.9 Å². The van der Waals surface area contributed by atoms with E-state index in [1.54, 1.807) is 13.0 Å². The summed E-state index contributed by atoms with van der Waals surface area (Å²) in [6, 6.07) is 7.88. The molecule has 0 amide bonds. The van der Waals surface area contributed by atoms with Gasteiger partial charge in [0.05, 0.1) is 12.6 Å². The van der Waals surface area contributed by atoms with E-state index in [0.717, 1.165) is 36.9 Å². The fourth-order valence-corrected chi connectivity index (χ4v) is 3.67. The van der Waals surface area contributed by atoms with Gasteiger partial charge < -0.3 is 24.6 Å². The Hall–Kier alpha value is -1.52. The number of hydrogen-bond acceptors (Lipinski definition) is 5. The van der Waals surface area contributed by atoms with Crippen molar-refractivity contribution >= 4 is 29.9 Å². The van der Waals surface area contributed by atoms with Gasteiger partial charge in [0.2, 0.25) is 0 Å². The molecule has 30 heavy (non-hydrogen) atoms. The number of rotatable bonds is 8. The second kappa shape index (κ2) is 11.2. The number of nitrogens with zero attached hydrogens (tertiary/aromatic N) is 2. The molecule has 0 aromatic carbocycles. The topological polar surface area (TPSA) is 86.2 Å². The molecule has 3 N–H and O–H groups in total. The van der Waals surface area contributed by atoms with Gasteiger partial charge >= 0.3 is 0 Å². The molecule has 1 saturated heterocycles.